The second kappa shape index (κ2) is 4.91. The van der Waals surface area contributed by atoms with Crippen LogP contribution in [0.4, 0.5) is 5.69 Å². The number of nitrogens with zero attached hydrogens (tertiary/aromatic N) is 3. The first kappa shape index (κ1) is 12.6. The van der Waals surface area contributed by atoms with Crippen molar-refractivity contribution in [2.24, 2.45) is 0 Å². The molecule has 0 radical (unpaired) electrons. The lowest BCUT2D eigenvalue weighted by Gasteiger charge is -2.23. The monoisotopic (exact) mass is 267 g/mol. The van der Waals surface area contributed by atoms with Crippen LogP contribution in [0.5, 0.6) is 0 Å². The predicted octanol–water partition coefficient (Wildman–Crippen LogP) is 1.59. The van der Waals surface area contributed by atoms with Gasteiger partial charge in [-0.05, 0) is 36.1 Å². The summed E-state index contributed by atoms with van der Waals surface area (Å²) in [5.74, 6) is 0.0259. The summed E-state index contributed by atoms with van der Waals surface area (Å²) in [5, 5.41) is 20.0. The molecule has 1 aliphatic heterocycles. The zero-order chi connectivity index (χ0) is 14.1. The minimum absolute atomic E-state index is 0.0259. The molecule has 2 heterocycles. The van der Waals surface area contributed by atoms with E-state index in [-0.39, 0.29) is 18.6 Å². The van der Waals surface area contributed by atoms with Crippen LogP contribution in [0, 0.1) is 11.3 Å². The van der Waals surface area contributed by atoms with Crippen molar-refractivity contribution >= 4 is 22.4 Å². The molecule has 1 aromatic heterocycles. The highest BCUT2D eigenvalue weighted by Gasteiger charge is 2.31. The Morgan fingerprint density at radius 2 is 2.30 bits per heavy atom. The highest BCUT2D eigenvalue weighted by molar-refractivity contribution is 5.99. The van der Waals surface area contributed by atoms with E-state index in [4.69, 9.17) is 5.26 Å². The van der Waals surface area contributed by atoms with Gasteiger partial charge in [0.2, 0.25) is 5.91 Å². The van der Waals surface area contributed by atoms with Crippen molar-refractivity contribution in [1.29, 1.82) is 5.26 Å². The quantitative estimate of drug-likeness (QED) is 0.896. The fourth-order valence-electron chi connectivity index (χ4n) is 2.68. The Morgan fingerprint density at radius 1 is 1.45 bits per heavy atom. The number of aromatic nitrogens is 1. The molecule has 5 nitrogen and oxygen atoms in total. The molecule has 20 heavy (non-hydrogen) atoms. The molecule has 3 rings (SSSR count). The highest BCUT2D eigenvalue weighted by atomic mass is 16.3. The number of anilines is 1. The van der Waals surface area contributed by atoms with Crippen LogP contribution in [0.3, 0.4) is 0 Å². The Balaban J connectivity index is 2.10. The maximum Gasteiger partial charge on any atom is 0.227 e. The van der Waals surface area contributed by atoms with Crippen molar-refractivity contribution in [3.8, 4) is 6.07 Å². The summed E-state index contributed by atoms with van der Waals surface area (Å²) in [7, 11) is 0. The number of nitriles is 1. The van der Waals surface area contributed by atoms with Crippen LogP contribution < -0.4 is 4.90 Å². The van der Waals surface area contributed by atoms with Crippen LogP contribution >= 0.6 is 0 Å². The average molecular weight is 267 g/mol. The first-order valence-electron chi connectivity index (χ1n) is 6.46. The molecule has 1 fully saturated rings. The second-order valence-corrected chi connectivity index (χ2v) is 4.82. The van der Waals surface area contributed by atoms with Gasteiger partial charge in [0, 0.05) is 23.7 Å². The van der Waals surface area contributed by atoms with Gasteiger partial charge in [0.05, 0.1) is 12.6 Å². The van der Waals surface area contributed by atoms with Crippen molar-refractivity contribution < 1.29 is 9.90 Å². The molecule has 1 N–H and O–H groups in total. The number of carbonyl (C=O) groups excluding carboxylic acids is 1. The van der Waals surface area contributed by atoms with Crippen molar-refractivity contribution in [2.45, 2.75) is 18.9 Å². The lowest BCUT2D eigenvalue weighted by atomic mass is 10.1. The van der Waals surface area contributed by atoms with Gasteiger partial charge in [-0.25, -0.2) is 4.98 Å². The van der Waals surface area contributed by atoms with Gasteiger partial charge < -0.3 is 10.0 Å². The number of pyridine rings is 1. The molecule has 0 spiro atoms. The molecule has 1 amide bonds. The summed E-state index contributed by atoms with van der Waals surface area (Å²) in [5.41, 5.74) is 1.13. The molecule has 2 aromatic rings. The first-order valence-corrected chi connectivity index (χ1v) is 6.46. The average Bonchev–Trinajstić information content (AvgIpc) is 2.86. The van der Waals surface area contributed by atoms with Crippen LogP contribution in [0.1, 0.15) is 18.5 Å². The molecule has 0 saturated carbocycles. The van der Waals surface area contributed by atoms with Gasteiger partial charge >= 0.3 is 0 Å². The molecular weight excluding hydrogens is 254 g/mol. The Labute approximate surface area is 116 Å². The molecule has 0 aliphatic carbocycles. The smallest absolute Gasteiger partial charge is 0.227 e. The van der Waals surface area contributed by atoms with Gasteiger partial charge in [-0.2, -0.15) is 5.26 Å². The standard InChI is InChI=1S/C15H13N3O2/c16-8-14-13-3-1-11(7-10(13)5-6-17-14)18-12(9-19)2-4-15(18)20/h1,3,5-7,12,19H,2,4,9H2. The topological polar surface area (TPSA) is 77.2 Å². The highest BCUT2D eigenvalue weighted by Crippen LogP contribution is 2.29. The van der Waals surface area contributed by atoms with Gasteiger partial charge in [0.25, 0.3) is 0 Å². The summed E-state index contributed by atoms with van der Waals surface area (Å²) in [6, 6.07) is 9.18. The van der Waals surface area contributed by atoms with E-state index in [0.717, 1.165) is 16.5 Å². The first-order chi connectivity index (χ1) is 9.74. The largest absolute Gasteiger partial charge is 0.394 e. The number of benzene rings is 1. The van der Waals surface area contributed by atoms with Gasteiger partial charge in [-0.15, -0.1) is 0 Å². The maximum absolute atomic E-state index is 12.0. The van der Waals surface area contributed by atoms with Gasteiger partial charge in [-0.1, -0.05) is 0 Å². The summed E-state index contributed by atoms with van der Waals surface area (Å²) in [6.07, 6.45) is 2.72. The predicted molar refractivity (Wildman–Crippen MR) is 74.1 cm³/mol. The Morgan fingerprint density at radius 3 is 3.05 bits per heavy atom. The summed E-state index contributed by atoms with van der Waals surface area (Å²) in [6.45, 7) is -0.0381. The Bertz CT molecular complexity index is 721. The zero-order valence-electron chi connectivity index (χ0n) is 10.8. The van der Waals surface area contributed by atoms with E-state index in [1.54, 1.807) is 23.2 Å². The fraction of sp³-hybridized carbons (Fsp3) is 0.267. The SMILES string of the molecule is N#Cc1nccc2cc(N3C(=O)CCC3CO)ccc12. The third-order valence-electron chi connectivity index (χ3n) is 3.67. The number of amides is 1. The van der Waals surface area contributed by atoms with Gasteiger partial charge in [0.15, 0.2) is 0 Å². The molecule has 1 aliphatic rings. The number of aliphatic hydroxyl groups excluding tert-OH is 1. The summed E-state index contributed by atoms with van der Waals surface area (Å²) in [4.78, 5) is 17.6. The molecule has 100 valence electrons. The van der Waals surface area contributed by atoms with Crippen molar-refractivity contribution in [1.82, 2.24) is 4.98 Å². The molecule has 5 heteroatoms. The van der Waals surface area contributed by atoms with Crippen LogP contribution in [0.2, 0.25) is 0 Å². The van der Waals surface area contributed by atoms with Crippen LogP contribution in [-0.2, 0) is 4.79 Å². The van der Waals surface area contributed by atoms with E-state index in [1.165, 1.54) is 0 Å². The minimum atomic E-state index is -0.155. The third kappa shape index (κ3) is 1.91. The molecular formula is C15H13N3O2. The van der Waals surface area contributed by atoms with E-state index in [1.807, 2.05) is 12.1 Å². The molecule has 1 aromatic carbocycles. The minimum Gasteiger partial charge on any atom is -0.394 e. The molecule has 1 atom stereocenters. The van der Waals surface area contributed by atoms with Gasteiger partial charge in [-0.3, -0.25) is 4.79 Å². The number of carbonyl (C=O) groups is 1. The van der Waals surface area contributed by atoms with Crippen LogP contribution in [0.15, 0.2) is 30.5 Å². The number of hydrogen-bond acceptors (Lipinski definition) is 4. The van der Waals surface area contributed by atoms with Crippen molar-refractivity contribution in [2.75, 3.05) is 11.5 Å². The summed E-state index contributed by atoms with van der Waals surface area (Å²) < 4.78 is 0. The van der Waals surface area contributed by atoms with Crippen molar-refractivity contribution in [3.63, 3.8) is 0 Å². The number of fused-ring (bicyclic) bond motifs is 1. The van der Waals surface area contributed by atoms with E-state index in [9.17, 15) is 9.90 Å². The van der Waals surface area contributed by atoms with E-state index in [0.29, 0.717) is 18.5 Å². The normalized spacial score (nSPS) is 18.5. The number of hydrogen-bond donors (Lipinski definition) is 1. The Kier molecular flexibility index (Phi) is 3.09. The molecule has 1 saturated heterocycles. The third-order valence-corrected chi connectivity index (χ3v) is 3.67. The van der Waals surface area contributed by atoms with E-state index < -0.39 is 0 Å². The number of aliphatic hydroxyl groups is 1. The zero-order valence-corrected chi connectivity index (χ0v) is 10.8. The molecule has 0 bridgehead atoms. The number of rotatable bonds is 2. The van der Waals surface area contributed by atoms with Gasteiger partial charge in [0.1, 0.15) is 11.8 Å². The van der Waals surface area contributed by atoms with E-state index in [2.05, 4.69) is 11.1 Å². The van der Waals surface area contributed by atoms with E-state index >= 15 is 0 Å². The maximum atomic E-state index is 12.0. The lowest BCUT2D eigenvalue weighted by Crippen LogP contribution is -2.35. The Hall–Kier alpha value is -2.45. The second-order valence-electron chi connectivity index (χ2n) is 4.82. The van der Waals surface area contributed by atoms with Crippen LogP contribution in [-0.4, -0.2) is 28.6 Å². The van der Waals surface area contributed by atoms with Crippen LogP contribution in [0.25, 0.3) is 10.8 Å². The van der Waals surface area contributed by atoms with Crippen molar-refractivity contribution in [3.05, 3.63) is 36.2 Å². The fourth-order valence-corrected chi connectivity index (χ4v) is 2.68. The summed E-state index contributed by atoms with van der Waals surface area (Å²) >= 11 is 0. The molecule has 1 unspecified atom stereocenters. The lowest BCUT2D eigenvalue weighted by molar-refractivity contribution is -0.117.